The number of rotatable bonds is 5. The van der Waals surface area contributed by atoms with Crippen LogP contribution in [-0.2, 0) is 13.1 Å². The van der Waals surface area contributed by atoms with E-state index in [1.807, 2.05) is 18.5 Å². The zero-order chi connectivity index (χ0) is 17.3. The van der Waals surface area contributed by atoms with Crippen LogP contribution >= 0.6 is 11.3 Å². The molecule has 132 valence electrons. The van der Waals surface area contributed by atoms with Crippen LogP contribution in [0.1, 0.15) is 54.5 Å². The van der Waals surface area contributed by atoms with Crippen molar-refractivity contribution in [2.75, 3.05) is 6.61 Å². The summed E-state index contributed by atoms with van der Waals surface area (Å²) < 4.78 is 0. The highest BCUT2D eigenvalue weighted by Crippen LogP contribution is 2.26. The molecule has 0 bridgehead atoms. The van der Waals surface area contributed by atoms with Crippen molar-refractivity contribution in [3.8, 4) is 11.8 Å². The van der Waals surface area contributed by atoms with Gasteiger partial charge < -0.3 is 5.11 Å². The van der Waals surface area contributed by atoms with Crippen LogP contribution in [0.5, 0.6) is 0 Å². The Morgan fingerprint density at radius 1 is 1.20 bits per heavy atom. The zero-order valence-corrected chi connectivity index (χ0v) is 15.5. The number of hydrogen-bond donors (Lipinski definition) is 1. The first-order valence-corrected chi connectivity index (χ1v) is 10.0. The van der Waals surface area contributed by atoms with Crippen molar-refractivity contribution in [1.82, 2.24) is 9.88 Å². The van der Waals surface area contributed by atoms with Gasteiger partial charge in [0.2, 0.25) is 0 Å². The fraction of sp³-hybridized carbons (Fsp3) is 0.476. The second-order valence-corrected chi connectivity index (χ2v) is 7.67. The lowest BCUT2D eigenvalue weighted by Crippen LogP contribution is -2.33. The second-order valence-electron chi connectivity index (χ2n) is 6.67. The average molecular weight is 355 g/mol. The number of aromatic nitrogens is 1. The third-order valence-corrected chi connectivity index (χ3v) is 5.70. The molecule has 0 saturated heterocycles. The summed E-state index contributed by atoms with van der Waals surface area (Å²) in [5.74, 6) is 5.74. The zero-order valence-electron chi connectivity index (χ0n) is 14.7. The molecule has 2 aromatic rings. The molecule has 1 saturated carbocycles. The predicted molar refractivity (Wildman–Crippen MR) is 103 cm³/mol. The Morgan fingerprint density at radius 2 is 2.04 bits per heavy atom. The van der Waals surface area contributed by atoms with Crippen LogP contribution in [-0.4, -0.2) is 27.6 Å². The maximum absolute atomic E-state index is 8.86. The van der Waals surface area contributed by atoms with Gasteiger partial charge >= 0.3 is 0 Å². The Hall–Kier alpha value is -1.67. The van der Waals surface area contributed by atoms with E-state index >= 15 is 0 Å². The lowest BCUT2D eigenvalue weighted by molar-refractivity contribution is 0.163. The van der Waals surface area contributed by atoms with E-state index in [0.29, 0.717) is 6.04 Å². The van der Waals surface area contributed by atoms with E-state index < -0.39 is 0 Å². The number of aliphatic hydroxyl groups excluding tert-OH is 1. The van der Waals surface area contributed by atoms with Gasteiger partial charge in [0.1, 0.15) is 6.61 Å². The molecule has 2 aromatic heterocycles. The van der Waals surface area contributed by atoms with Gasteiger partial charge in [0.05, 0.1) is 0 Å². The molecule has 3 rings (SSSR count). The van der Waals surface area contributed by atoms with E-state index in [-0.39, 0.29) is 6.61 Å². The van der Waals surface area contributed by atoms with Crippen LogP contribution in [0, 0.1) is 11.8 Å². The molecule has 0 aliphatic heterocycles. The van der Waals surface area contributed by atoms with E-state index in [0.717, 1.165) is 18.7 Å². The van der Waals surface area contributed by atoms with Crippen LogP contribution in [0.3, 0.4) is 0 Å². The monoisotopic (exact) mass is 354 g/mol. The molecule has 1 fully saturated rings. The van der Waals surface area contributed by atoms with E-state index in [9.17, 15) is 0 Å². The maximum Gasteiger partial charge on any atom is 0.104 e. The lowest BCUT2D eigenvalue weighted by atomic mass is 10.1. The molecule has 1 aliphatic rings. The first-order valence-electron chi connectivity index (χ1n) is 9.15. The van der Waals surface area contributed by atoms with Gasteiger partial charge in [-0.2, -0.15) is 0 Å². The fourth-order valence-electron chi connectivity index (χ4n) is 3.53. The van der Waals surface area contributed by atoms with Crippen molar-refractivity contribution in [2.24, 2.45) is 0 Å². The SMILES string of the molecule is OCC#Cc1csc(CN(Cc2cccnc2)C2CCCCCC2)c1. The smallest absolute Gasteiger partial charge is 0.104 e. The predicted octanol–water partition coefficient (Wildman–Crippen LogP) is 4.21. The molecular weight excluding hydrogens is 328 g/mol. The van der Waals surface area contributed by atoms with Gasteiger partial charge in [-0.05, 0) is 30.5 Å². The molecule has 0 unspecified atom stereocenters. The molecule has 0 amide bonds. The summed E-state index contributed by atoms with van der Waals surface area (Å²) in [6.07, 6.45) is 11.8. The summed E-state index contributed by atoms with van der Waals surface area (Å²) in [7, 11) is 0. The lowest BCUT2D eigenvalue weighted by Gasteiger charge is -2.30. The van der Waals surface area contributed by atoms with Crippen LogP contribution in [0.4, 0.5) is 0 Å². The standard InChI is InChI=1S/C21H26N2OS/c24-12-6-8-18-13-21(25-17-18)16-23(15-19-7-5-11-22-14-19)20-9-3-1-2-4-10-20/h5,7,11,13-14,17,20,24H,1-4,9-10,12,15-16H2. The fourth-order valence-corrected chi connectivity index (χ4v) is 4.37. The molecular formula is C21H26N2OS. The largest absolute Gasteiger partial charge is 0.384 e. The first kappa shape index (κ1) is 18.1. The van der Waals surface area contributed by atoms with E-state index in [1.54, 1.807) is 11.3 Å². The Bertz CT molecular complexity index is 693. The summed E-state index contributed by atoms with van der Waals surface area (Å²) in [5, 5.41) is 10.9. The van der Waals surface area contributed by atoms with Crippen molar-refractivity contribution >= 4 is 11.3 Å². The van der Waals surface area contributed by atoms with Gasteiger partial charge in [0, 0.05) is 47.3 Å². The highest BCUT2D eigenvalue weighted by atomic mass is 32.1. The summed E-state index contributed by atoms with van der Waals surface area (Å²) in [6, 6.07) is 7.01. The highest BCUT2D eigenvalue weighted by molar-refractivity contribution is 7.10. The second kappa shape index (κ2) is 9.72. The third-order valence-electron chi connectivity index (χ3n) is 4.77. The van der Waals surface area contributed by atoms with Crippen molar-refractivity contribution in [2.45, 2.75) is 57.7 Å². The molecule has 0 spiro atoms. The molecule has 4 heteroatoms. The first-order chi connectivity index (χ1) is 12.3. The minimum atomic E-state index is -0.0830. The number of hydrogen-bond acceptors (Lipinski definition) is 4. The van der Waals surface area contributed by atoms with E-state index in [1.165, 1.54) is 49.0 Å². The quantitative estimate of drug-likeness (QED) is 0.645. The summed E-state index contributed by atoms with van der Waals surface area (Å²) in [6.45, 7) is 1.83. The average Bonchev–Trinajstić information content (AvgIpc) is 2.91. The van der Waals surface area contributed by atoms with Gasteiger partial charge in [0.25, 0.3) is 0 Å². The number of pyridine rings is 1. The Labute approximate surface area is 154 Å². The van der Waals surface area contributed by atoms with Crippen molar-refractivity contribution < 1.29 is 5.11 Å². The van der Waals surface area contributed by atoms with Gasteiger partial charge in [-0.15, -0.1) is 11.3 Å². The van der Waals surface area contributed by atoms with Crippen LogP contribution in [0.2, 0.25) is 0 Å². The van der Waals surface area contributed by atoms with E-state index in [2.05, 4.69) is 39.2 Å². The van der Waals surface area contributed by atoms with Gasteiger partial charge in [0.15, 0.2) is 0 Å². The molecule has 0 radical (unpaired) electrons. The summed E-state index contributed by atoms with van der Waals surface area (Å²) in [4.78, 5) is 8.25. The van der Waals surface area contributed by atoms with Crippen LogP contribution < -0.4 is 0 Å². The Morgan fingerprint density at radius 3 is 2.76 bits per heavy atom. The third kappa shape index (κ3) is 5.67. The van der Waals surface area contributed by atoms with Gasteiger partial charge in [-0.3, -0.25) is 9.88 Å². The molecule has 0 aromatic carbocycles. The van der Waals surface area contributed by atoms with Crippen LogP contribution in [0.15, 0.2) is 36.0 Å². The molecule has 3 nitrogen and oxygen atoms in total. The minimum absolute atomic E-state index is 0.0830. The number of aliphatic hydroxyl groups is 1. The van der Waals surface area contributed by atoms with Crippen molar-refractivity contribution in [3.05, 3.63) is 52.0 Å². The highest BCUT2D eigenvalue weighted by Gasteiger charge is 2.21. The Balaban J connectivity index is 1.74. The number of thiophene rings is 1. The number of nitrogens with zero attached hydrogens (tertiary/aromatic N) is 2. The molecule has 1 aliphatic carbocycles. The molecule has 1 N–H and O–H groups in total. The topological polar surface area (TPSA) is 36.4 Å². The summed E-state index contributed by atoms with van der Waals surface area (Å²) >= 11 is 1.77. The molecule has 2 heterocycles. The molecule has 0 atom stereocenters. The Kier molecular flexibility index (Phi) is 7.05. The van der Waals surface area contributed by atoms with Gasteiger partial charge in [-0.25, -0.2) is 0 Å². The van der Waals surface area contributed by atoms with Crippen molar-refractivity contribution in [3.63, 3.8) is 0 Å². The van der Waals surface area contributed by atoms with Crippen LogP contribution in [0.25, 0.3) is 0 Å². The summed E-state index contributed by atoms with van der Waals surface area (Å²) in [5.41, 5.74) is 2.29. The van der Waals surface area contributed by atoms with Gasteiger partial charge in [-0.1, -0.05) is 43.6 Å². The normalized spacial score (nSPS) is 15.6. The van der Waals surface area contributed by atoms with E-state index in [4.69, 9.17) is 5.11 Å². The minimum Gasteiger partial charge on any atom is -0.384 e. The molecule has 25 heavy (non-hydrogen) atoms. The maximum atomic E-state index is 8.86. The van der Waals surface area contributed by atoms with Crippen molar-refractivity contribution in [1.29, 1.82) is 0 Å².